The van der Waals surface area contributed by atoms with Crippen molar-refractivity contribution in [3.63, 3.8) is 0 Å². The van der Waals surface area contributed by atoms with Gasteiger partial charge < -0.3 is 19.8 Å². The van der Waals surface area contributed by atoms with Crippen molar-refractivity contribution in [3.05, 3.63) is 60.8 Å². The molecule has 0 aliphatic rings. The molecule has 0 heterocycles. The van der Waals surface area contributed by atoms with Crippen molar-refractivity contribution in [1.29, 1.82) is 0 Å². The van der Waals surface area contributed by atoms with Crippen LogP contribution in [0.3, 0.4) is 0 Å². The molecule has 3 N–H and O–H groups in total. The summed E-state index contributed by atoms with van der Waals surface area (Å²) in [6.45, 7) is 4.61. The first-order valence-corrected chi connectivity index (χ1v) is 29.1. The Morgan fingerprint density at radius 1 is 0.530 bits per heavy atom. The number of carbonyl (C=O) groups excluding carboxylic acids is 1. The molecule has 3 atom stereocenters. The van der Waals surface area contributed by atoms with E-state index in [1.54, 1.807) is 0 Å². The van der Waals surface area contributed by atoms with E-state index in [-0.39, 0.29) is 19.1 Å². The number of likely N-dealkylation sites (N-methyl/N-ethyl adjacent to an activating group) is 1. The SMILES string of the molecule is CC/C=C\C/C=C\C/C=C\C/C=C\C/C=C\CCCCCCCCCCCCCCCCCCCCCCCCCCCC(=O)NC(COP(=O)(O)OCC[N+](C)(C)C)C(O)CCCCC. The molecule has 0 saturated heterocycles. The number of rotatable bonds is 50. The maximum absolute atomic E-state index is 12.7. The van der Waals surface area contributed by atoms with E-state index >= 15 is 0 Å². The fourth-order valence-corrected chi connectivity index (χ4v) is 8.69. The highest BCUT2D eigenvalue weighted by Gasteiger charge is 2.28. The van der Waals surface area contributed by atoms with Crippen molar-refractivity contribution >= 4 is 13.7 Å². The molecule has 0 radical (unpaired) electrons. The largest absolute Gasteiger partial charge is 0.472 e. The maximum Gasteiger partial charge on any atom is 0.472 e. The molecule has 66 heavy (non-hydrogen) atoms. The average molecular weight is 948 g/mol. The maximum atomic E-state index is 12.7. The first-order chi connectivity index (χ1) is 32.0. The number of amides is 1. The molecule has 1 amide bonds. The second kappa shape index (κ2) is 48.2. The quantitative estimate of drug-likeness (QED) is 0.0243. The molecule has 3 unspecified atom stereocenters. The van der Waals surface area contributed by atoms with E-state index in [0.717, 1.165) is 70.6 Å². The van der Waals surface area contributed by atoms with Crippen molar-refractivity contribution in [2.24, 2.45) is 0 Å². The minimum absolute atomic E-state index is 0.0737. The van der Waals surface area contributed by atoms with Gasteiger partial charge in [-0.1, -0.05) is 242 Å². The first kappa shape index (κ1) is 64.2. The Morgan fingerprint density at radius 2 is 0.909 bits per heavy atom. The van der Waals surface area contributed by atoms with Crippen molar-refractivity contribution in [2.45, 2.75) is 257 Å². The third-order valence-corrected chi connectivity index (χ3v) is 13.3. The van der Waals surface area contributed by atoms with Gasteiger partial charge in [-0.25, -0.2) is 4.57 Å². The first-order valence-electron chi connectivity index (χ1n) is 27.7. The van der Waals surface area contributed by atoms with E-state index in [2.05, 4.69) is 79.9 Å². The van der Waals surface area contributed by atoms with Crippen LogP contribution < -0.4 is 5.32 Å². The van der Waals surface area contributed by atoms with Gasteiger partial charge in [-0.2, -0.15) is 0 Å². The van der Waals surface area contributed by atoms with Crippen molar-refractivity contribution in [1.82, 2.24) is 5.32 Å². The van der Waals surface area contributed by atoms with Gasteiger partial charge >= 0.3 is 7.82 Å². The summed E-state index contributed by atoms with van der Waals surface area (Å²) in [6, 6.07) is -0.754. The summed E-state index contributed by atoms with van der Waals surface area (Å²) in [4.78, 5) is 22.9. The second-order valence-corrected chi connectivity index (χ2v) is 21.4. The fourth-order valence-electron chi connectivity index (χ4n) is 7.96. The number of nitrogens with zero attached hydrogens (tertiary/aromatic N) is 1. The predicted octanol–water partition coefficient (Wildman–Crippen LogP) is 16.5. The smallest absolute Gasteiger partial charge is 0.391 e. The zero-order valence-corrected chi connectivity index (χ0v) is 44.8. The minimum atomic E-state index is -4.29. The lowest BCUT2D eigenvalue weighted by Crippen LogP contribution is -2.46. The molecule has 0 aliphatic carbocycles. The van der Waals surface area contributed by atoms with Crippen molar-refractivity contribution in [3.8, 4) is 0 Å². The van der Waals surface area contributed by atoms with Crippen molar-refractivity contribution < 1.29 is 32.9 Å². The minimum Gasteiger partial charge on any atom is -0.391 e. The number of unbranched alkanes of at least 4 members (excludes halogenated alkanes) is 27. The molecule has 0 aliphatic heterocycles. The van der Waals surface area contributed by atoms with Crippen LogP contribution in [-0.4, -0.2) is 73.4 Å². The van der Waals surface area contributed by atoms with Crippen LogP contribution in [-0.2, 0) is 18.4 Å². The second-order valence-electron chi connectivity index (χ2n) is 19.9. The Bertz CT molecular complexity index is 1260. The van der Waals surface area contributed by atoms with E-state index in [1.165, 1.54) is 148 Å². The molecule has 0 bridgehead atoms. The summed E-state index contributed by atoms with van der Waals surface area (Å²) in [5.74, 6) is -0.154. The molecule has 0 aromatic carbocycles. The molecule has 8 nitrogen and oxygen atoms in total. The monoisotopic (exact) mass is 948 g/mol. The van der Waals surface area contributed by atoms with Gasteiger partial charge in [-0.15, -0.1) is 0 Å². The van der Waals surface area contributed by atoms with E-state index in [0.29, 0.717) is 23.9 Å². The summed E-state index contributed by atoms with van der Waals surface area (Å²) in [5, 5.41) is 13.6. The molecule has 9 heteroatoms. The zero-order chi connectivity index (χ0) is 48.5. The lowest BCUT2D eigenvalue weighted by atomic mass is 10.0. The average Bonchev–Trinajstić information content (AvgIpc) is 3.27. The summed E-state index contributed by atoms with van der Waals surface area (Å²) in [7, 11) is 1.61. The Labute approximate surface area is 409 Å². The molecule has 0 aromatic heterocycles. The standard InChI is InChI=1S/C57H107N2O6P/c1-6-8-10-11-12-13-14-15-16-17-18-19-20-21-22-23-24-25-26-27-28-29-30-31-32-33-34-35-36-37-38-39-40-41-42-43-44-45-46-47-49-51-57(61)58-55(56(60)50-48-9-7-2)54-65-66(62,63)64-53-52-59(3,4)5/h8,10,12-13,15-16,18-19,21-22,55-56,60H,6-7,9,11,14,17,20,23-54H2,1-5H3,(H-,58,61,62,63)/p+1/b10-8-,13-12-,16-15-,19-18-,22-21-. The number of phosphoric acid groups is 1. The normalized spacial score (nSPS) is 14.5. The highest BCUT2D eigenvalue weighted by atomic mass is 31.2. The zero-order valence-electron chi connectivity index (χ0n) is 43.9. The number of phosphoric ester groups is 1. The van der Waals surface area contributed by atoms with Crippen molar-refractivity contribution in [2.75, 3.05) is 40.9 Å². The molecule has 0 saturated carbocycles. The van der Waals surface area contributed by atoms with Crippen LogP contribution in [0.2, 0.25) is 0 Å². The molecular weight excluding hydrogens is 840 g/mol. The number of quaternary nitrogens is 1. The molecule has 0 aromatic rings. The van der Waals surface area contributed by atoms with Crippen LogP contribution in [0.4, 0.5) is 0 Å². The molecule has 0 rings (SSSR count). The fraction of sp³-hybridized carbons (Fsp3) is 0.807. The Balaban J connectivity index is 3.60. The van der Waals surface area contributed by atoms with Gasteiger partial charge in [-0.05, 0) is 57.8 Å². The number of nitrogens with one attached hydrogen (secondary N) is 1. The van der Waals surface area contributed by atoms with Crippen LogP contribution in [0.1, 0.15) is 245 Å². The number of aliphatic hydroxyl groups is 1. The number of aliphatic hydroxyl groups excluding tert-OH is 1. The molecule has 0 fully saturated rings. The van der Waals surface area contributed by atoms with Crippen LogP contribution in [0, 0.1) is 0 Å². The van der Waals surface area contributed by atoms with Gasteiger partial charge in [0.2, 0.25) is 5.91 Å². The summed E-state index contributed by atoms with van der Waals surface area (Å²) >= 11 is 0. The highest BCUT2D eigenvalue weighted by Crippen LogP contribution is 2.43. The van der Waals surface area contributed by atoms with E-state index in [9.17, 15) is 19.4 Å². The summed E-state index contributed by atoms with van der Waals surface area (Å²) in [5.41, 5.74) is 0. The predicted molar refractivity (Wildman–Crippen MR) is 286 cm³/mol. The summed E-state index contributed by atoms with van der Waals surface area (Å²) in [6.07, 6.45) is 65.4. The van der Waals surface area contributed by atoms with Gasteiger partial charge in [-0.3, -0.25) is 13.8 Å². The third-order valence-electron chi connectivity index (χ3n) is 12.3. The third kappa shape index (κ3) is 50.1. The van der Waals surface area contributed by atoms with Gasteiger partial charge in [0.15, 0.2) is 0 Å². The number of carbonyl (C=O) groups is 1. The molecular formula is C57H108N2O6P+. The molecule has 386 valence electrons. The van der Waals surface area contributed by atoms with Gasteiger partial charge in [0.25, 0.3) is 0 Å². The van der Waals surface area contributed by atoms with Crippen LogP contribution in [0.15, 0.2) is 60.8 Å². The lowest BCUT2D eigenvalue weighted by Gasteiger charge is -2.26. The van der Waals surface area contributed by atoms with Gasteiger partial charge in [0, 0.05) is 6.42 Å². The van der Waals surface area contributed by atoms with Gasteiger partial charge in [0.1, 0.15) is 13.2 Å². The van der Waals surface area contributed by atoms with Crippen LogP contribution in [0.5, 0.6) is 0 Å². The van der Waals surface area contributed by atoms with E-state index in [1.807, 2.05) is 21.1 Å². The number of allylic oxidation sites excluding steroid dienone is 10. The highest BCUT2D eigenvalue weighted by molar-refractivity contribution is 7.47. The van der Waals surface area contributed by atoms with Crippen LogP contribution in [0.25, 0.3) is 0 Å². The number of hydrogen-bond acceptors (Lipinski definition) is 5. The Morgan fingerprint density at radius 3 is 1.30 bits per heavy atom. The Kier molecular flexibility index (Phi) is 46.9. The van der Waals surface area contributed by atoms with Gasteiger partial charge in [0.05, 0.1) is 39.9 Å². The van der Waals surface area contributed by atoms with Crippen LogP contribution >= 0.6 is 7.82 Å². The topological polar surface area (TPSA) is 105 Å². The molecule has 0 spiro atoms. The summed E-state index contributed by atoms with van der Waals surface area (Å²) < 4.78 is 23.4. The Hall–Kier alpha value is -1.80. The van der Waals surface area contributed by atoms with E-state index in [4.69, 9.17) is 9.05 Å². The number of hydrogen-bond donors (Lipinski definition) is 3. The lowest BCUT2D eigenvalue weighted by molar-refractivity contribution is -0.870. The van der Waals surface area contributed by atoms with E-state index < -0.39 is 20.0 Å².